The summed E-state index contributed by atoms with van der Waals surface area (Å²) in [6, 6.07) is 0. The van der Waals surface area contributed by atoms with Crippen molar-refractivity contribution in [3.8, 4) is 0 Å². The van der Waals surface area contributed by atoms with Gasteiger partial charge < -0.3 is 14.6 Å². The van der Waals surface area contributed by atoms with Crippen LogP contribution in [0.5, 0.6) is 0 Å². The molecule has 0 radical (unpaired) electrons. The lowest BCUT2D eigenvalue weighted by Crippen LogP contribution is -2.46. The first-order valence-corrected chi connectivity index (χ1v) is 6.38. The molecule has 0 aliphatic carbocycles. The molecule has 0 saturated carbocycles. The maximum Gasteiger partial charge on any atom is 0.305 e. The van der Waals surface area contributed by atoms with E-state index in [1.165, 1.54) is 0 Å². The number of hydrogen-bond donors (Lipinski definition) is 1. The van der Waals surface area contributed by atoms with Crippen LogP contribution in [0, 0.1) is 0 Å². The highest BCUT2D eigenvalue weighted by Gasteiger charge is 2.35. The van der Waals surface area contributed by atoms with Crippen LogP contribution < -0.4 is 0 Å². The Kier molecular flexibility index (Phi) is 4.43. The van der Waals surface area contributed by atoms with Crippen molar-refractivity contribution >= 4 is 17.7 Å². The second kappa shape index (κ2) is 5.18. The van der Waals surface area contributed by atoms with Gasteiger partial charge in [-0.05, 0) is 20.1 Å². The number of carbonyl (C=O) groups is 1. The van der Waals surface area contributed by atoms with Crippen molar-refractivity contribution < 1.29 is 19.4 Å². The zero-order valence-corrected chi connectivity index (χ0v) is 10.2. The maximum atomic E-state index is 10.6. The molecular weight excluding hydrogens is 216 g/mol. The molecule has 4 nitrogen and oxygen atoms in total. The summed E-state index contributed by atoms with van der Waals surface area (Å²) in [5, 5.41) is 8.73. The molecule has 1 heterocycles. The van der Waals surface area contributed by atoms with Gasteiger partial charge in [0.25, 0.3) is 0 Å². The minimum absolute atomic E-state index is 0.0532. The second-order valence-corrected chi connectivity index (χ2v) is 5.08. The van der Waals surface area contributed by atoms with Gasteiger partial charge in [0, 0.05) is 12.2 Å². The number of rotatable bonds is 4. The third-order valence-corrected chi connectivity index (χ3v) is 2.89. The molecule has 15 heavy (non-hydrogen) atoms. The fourth-order valence-corrected chi connectivity index (χ4v) is 2.40. The van der Waals surface area contributed by atoms with E-state index in [0.717, 1.165) is 5.75 Å². The molecule has 1 aliphatic heterocycles. The summed E-state index contributed by atoms with van der Waals surface area (Å²) < 4.78 is 11.2. The molecule has 0 aromatic heterocycles. The smallest absolute Gasteiger partial charge is 0.305 e. The van der Waals surface area contributed by atoms with E-state index in [1.807, 2.05) is 20.1 Å². The summed E-state index contributed by atoms with van der Waals surface area (Å²) in [6.45, 7) is 3.66. The van der Waals surface area contributed by atoms with Gasteiger partial charge in [-0.15, -0.1) is 0 Å². The normalized spacial score (nSPS) is 30.1. The minimum Gasteiger partial charge on any atom is -0.481 e. The fraction of sp³-hybridized carbons (Fsp3) is 0.900. The number of ether oxygens (including phenoxy) is 2. The molecule has 1 N–H and O–H groups in total. The highest BCUT2D eigenvalue weighted by Crippen LogP contribution is 2.29. The van der Waals surface area contributed by atoms with Crippen molar-refractivity contribution in [3.63, 3.8) is 0 Å². The Morgan fingerprint density at radius 1 is 1.47 bits per heavy atom. The Hall–Kier alpha value is -0.260. The van der Waals surface area contributed by atoms with Crippen LogP contribution in [0.3, 0.4) is 0 Å². The van der Waals surface area contributed by atoms with E-state index in [1.54, 1.807) is 11.8 Å². The van der Waals surface area contributed by atoms with Crippen LogP contribution in [0.4, 0.5) is 0 Å². The first kappa shape index (κ1) is 12.8. The zero-order chi connectivity index (χ0) is 11.5. The van der Waals surface area contributed by atoms with Crippen LogP contribution in [0.15, 0.2) is 0 Å². The zero-order valence-electron chi connectivity index (χ0n) is 9.36. The number of aliphatic carboxylic acids is 1. The van der Waals surface area contributed by atoms with E-state index in [9.17, 15) is 4.79 Å². The Labute approximate surface area is 94.3 Å². The number of thioether (sulfide) groups is 1. The predicted molar refractivity (Wildman–Crippen MR) is 59.1 cm³/mol. The Morgan fingerprint density at radius 2 is 2.07 bits per heavy atom. The van der Waals surface area contributed by atoms with Crippen LogP contribution in [0.1, 0.15) is 26.7 Å². The monoisotopic (exact) mass is 234 g/mol. The molecule has 88 valence electrons. The summed E-state index contributed by atoms with van der Waals surface area (Å²) in [6.07, 6.45) is 2.59. The highest BCUT2D eigenvalue weighted by molar-refractivity contribution is 7.98. The Bertz CT molecular complexity index is 229. The molecule has 0 bridgehead atoms. The highest BCUT2D eigenvalue weighted by atomic mass is 32.2. The number of carboxylic acids is 1. The largest absolute Gasteiger partial charge is 0.481 e. The van der Waals surface area contributed by atoms with Crippen LogP contribution in [-0.4, -0.2) is 41.1 Å². The van der Waals surface area contributed by atoms with Crippen molar-refractivity contribution in [2.45, 2.75) is 44.7 Å². The summed E-state index contributed by atoms with van der Waals surface area (Å²) in [4.78, 5) is 10.6. The van der Waals surface area contributed by atoms with Gasteiger partial charge in [0.2, 0.25) is 0 Å². The molecule has 1 fully saturated rings. The molecule has 5 heteroatoms. The molecule has 0 aromatic carbocycles. The van der Waals surface area contributed by atoms with E-state index in [4.69, 9.17) is 14.6 Å². The van der Waals surface area contributed by atoms with Gasteiger partial charge in [-0.1, -0.05) is 0 Å². The van der Waals surface area contributed by atoms with Crippen LogP contribution >= 0.6 is 11.8 Å². The Morgan fingerprint density at radius 3 is 2.60 bits per heavy atom. The second-order valence-electron chi connectivity index (χ2n) is 4.17. The molecule has 2 atom stereocenters. The third-order valence-electron chi connectivity index (χ3n) is 2.18. The maximum absolute atomic E-state index is 10.6. The molecule has 1 rings (SSSR count). The summed E-state index contributed by atoms with van der Waals surface area (Å²) in [7, 11) is 0. The first-order chi connectivity index (χ1) is 6.93. The lowest BCUT2D eigenvalue weighted by atomic mass is 10.1. The van der Waals surface area contributed by atoms with Crippen LogP contribution in [-0.2, 0) is 14.3 Å². The topological polar surface area (TPSA) is 55.8 Å². The van der Waals surface area contributed by atoms with Gasteiger partial charge in [-0.3, -0.25) is 4.79 Å². The van der Waals surface area contributed by atoms with E-state index in [-0.39, 0.29) is 18.6 Å². The van der Waals surface area contributed by atoms with Crippen molar-refractivity contribution in [2.75, 3.05) is 12.0 Å². The minimum atomic E-state index is -0.819. The SMILES string of the molecule is CSCC1CC(CC(=O)O)OC(C)(C)O1. The van der Waals surface area contributed by atoms with Crippen molar-refractivity contribution in [1.29, 1.82) is 0 Å². The standard InChI is InChI=1S/C10H18O4S/c1-10(2)13-7(5-9(11)12)4-8(14-10)6-15-3/h7-8H,4-6H2,1-3H3,(H,11,12). The molecule has 0 amide bonds. The summed E-state index contributed by atoms with van der Waals surface area (Å²) in [5.41, 5.74) is 0. The quantitative estimate of drug-likeness (QED) is 0.803. The molecule has 0 spiro atoms. The molecule has 0 aromatic rings. The van der Waals surface area contributed by atoms with E-state index < -0.39 is 11.8 Å². The van der Waals surface area contributed by atoms with Gasteiger partial charge in [0.1, 0.15) is 0 Å². The average Bonchev–Trinajstić information content (AvgIpc) is 1.99. The van der Waals surface area contributed by atoms with Gasteiger partial charge >= 0.3 is 5.97 Å². The lowest BCUT2D eigenvalue weighted by Gasteiger charge is -2.40. The van der Waals surface area contributed by atoms with Crippen molar-refractivity contribution in [1.82, 2.24) is 0 Å². The van der Waals surface area contributed by atoms with E-state index in [2.05, 4.69) is 0 Å². The Balaban J connectivity index is 2.55. The fourth-order valence-electron chi connectivity index (χ4n) is 1.83. The van der Waals surface area contributed by atoms with Gasteiger partial charge in [-0.2, -0.15) is 11.8 Å². The predicted octanol–water partition coefficient (Wildman–Crippen LogP) is 1.73. The van der Waals surface area contributed by atoms with Crippen molar-refractivity contribution in [3.05, 3.63) is 0 Å². The molecule has 1 saturated heterocycles. The summed E-state index contributed by atoms with van der Waals surface area (Å²) in [5.74, 6) is -0.609. The first-order valence-electron chi connectivity index (χ1n) is 4.99. The van der Waals surface area contributed by atoms with E-state index >= 15 is 0 Å². The molecule has 1 aliphatic rings. The van der Waals surface area contributed by atoms with Crippen LogP contribution in [0.2, 0.25) is 0 Å². The van der Waals surface area contributed by atoms with Crippen molar-refractivity contribution in [2.24, 2.45) is 0 Å². The van der Waals surface area contributed by atoms with Gasteiger partial charge in [0.15, 0.2) is 5.79 Å². The molecule has 2 unspecified atom stereocenters. The summed E-state index contributed by atoms with van der Waals surface area (Å²) >= 11 is 1.70. The lowest BCUT2D eigenvalue weighted by molar-refractivity contribution is -0.295. The number of hydrogen-bond acceptors (Lipinski definition) is 4. The average molecular weight is 234 g/mol. The van der Waals surface area contributed by atoms with Gasteiger partial charge in [0.05, 0.1) is 18.6 Å². The van der Waals surface area contributed by atoms with Crippen LogP contribution in [0.25, 0.3) is 0 Å². The van der Waals surface area contributed by atoms with Gasteiger partial charge in [-0.25, -0.2) is 0 Å². The third kappa shape index (κ3) is 4.40. The number of carboxylic acid groups (broad SMARTS) is 1. The van der Waals surface area contributed by atoms with E-state index in [0.29, 0.717) is 6.42 Å². The molecular formula is C10H18O4S.